The third kappa shape index (κ3) is 9.22. The molecule has 240 valence electrons. The highest BCUT2D eigenvalue weighted by molar-refractivity contribution is 6.34. The van der Waals surface area contributed by atoms with Gasteiger partial charge in [-0.15, -0.1) is 0 Å². The number of carbonyl (C=O) groups is 3. The van der Waals surface area contributed by atoms with E-state index in [1.807, 2.05) is 0 Å². The maximum absolute atomic E-state index is 14.4. The van der Waals surface area contributed by atoms with E-state index < -0.39 is 83.2 Å². The van der Waals surface area contributed by atoms with Crippen LogP contribution in [0.1, 0.15) is 48.5 Å². The van der Waals surface area contributed by atoms with Crippen LogP contribution in [0.5, 0.6) is 0 Å². The van der Waals surface area contributed by atoms with Crippen LogP contribution in [-0.2, 0) is 20.9 Å². The molecule has 0 unspecified atom stereocenters. The highest BCUT2D eigenvalue weighted by atomic mass is 35.5. The zero-order valence-electron chi connectivity index (χ0n) is 23.7. The summed E-state index contributed by atoms with van der Waals surface area (Å²) in [6.07, 6.45) is -3.10. The molecule has 0 atom stereocenters. The number of Topliss-reactive ketones (excluding diaryl/α,β-unsaturated/α-hetero) is 1. The van der Waals surface area contributed by atoms with Crippen LogP contribution in [0.15, 0.2) is 52.3 Å². The number of ether oxygens (including phenoxy) is 1. The Bertz CT molecular complexity index is 1530. The first-order valence-corrected chi connectivity index (χ1v) is 13.9. The van der Waals surface area contributed by atoms with Gasteiger partial charge in [-0.2, -0.15) is 13.2 Å². The molecule has 11 nitrogen and oxygen atoms in total. The zero-order valence-corrected chi connectivity index (χ0v) is 24.5. The Labute approximate surface area is 258 Å². The molecule has 0 saturated heterocycles. The molecule has 1 saturated carbocycles. The molecule has 2 aromatic rings. The lowest BCUT2D eigenvalue weighted by atomic mass is 9.86. The molecule has 17 heteroatoms. The number of azide groups is 1. The predicted octanol–water partition coefficient (Wildman–Crippen LogP) is 6.13. The maximum atomic E-state index is 14.4. The minimum absolute atomic E-state index is 0.0849. The molecule has 1 heterocycles. The van der Waals surface area contributed by atoms with Crippen LogP contribution in [0, 0.1) is 17.6 Å². The Kier molecular flexibility index (Phi) is 12.0. The first-order valence-electron chi connectivity index (χ1n) is 13.5. The summed E-state index contributed by atoms with van der Waals surface area (Å²) in [7, 11) is 0. The number of hydrogen-bond donors (Lipinski definition) is 1. The second-order valence-corrected chi connectivity index (χ2v) is 10.3. The van der Waals surface area contributed by atoms with Gasteiger partial charge in [-0.05, 0) is 67.0 Å². The minimum atomic E-state index is -5.19. The summed E-state index contributed by atoms with van der Waals surface area (Å²) in [4.78, 5) is 49.8. The number of carbonyl (C=O) groups excluding carboxylic acids is 3. The fourth-order valence-corrected chi connectivity index (χ4v) is 5.03. The highest BCUT2D eigenvalue weighted by Crippen LogP contribution is 2.31. The number of nitrogens with two attached hydrogens (primary N) is 1. The highest BCUT2D eigenvalue weighted by Gasteiger charge is 2.43. The summed E-state index contributed by atoms with van der Waals surface area (Å²) >= 11 is 6.11. The van der Waals surface area contributed by atoms with Crippen LogP contribution in [0.4, 0.5) is 27.8 Å². The van der Waals surface area contributed by atoms with E-state index in [9.17, 15) is 36.3 Å². The van der Waals surface area contributed by atoms with Crippen molar-refractivity contribution in [1.29, 1.82) is 0 Å². The minimum Gasteiger partial charge on any atom is -0.466 e. The van der Waals surface area contributed by atoms with Crippen LogP contribution >= 0.6 is 11.6 Å². The van der Waals surface area contributed by atoms with Crippen molar-refractivity contribution in [2.45, 2.75) is 51.4 Å². The van der Waals surface area contributed by atoms with Gasteiger partial charge in [-0.3, -0.25) is 24.4 Å². The van der Waals surface area contributed by atoms with E-state index in [1.54, 1.807) is 6.92 Å². The standard InChI is InChI=1S/C28H27ClF5N7O4/c1-2-45-27(44)16-3-5-19(6-4-16)38-24(28(32,33)34)20(12-35)26(43)41(13-15-9-17(30)11-18(31)10-15)14-22(42)23-21(29)7-8-37-25(23)39-40-36/h7-12,16,19H,2-6,13-14,35H2,1H3. The number of rotatable bonds is 11. The number of halogens is 6. The van der Waals surface area contributed by atoms with E-state index >= 15 is 0 Å². The summed E-state index contributed by atoms with van der Waals surface area (Å²) in [5, 5.41) is 3.04. The number of nitrogens with zero attached hydrogens (tertiary/aromatic N) is 6. The van der Waals surface area contributed by atoms with Gasteiger partial charge >= 0.3 is 12.1 Å². The summed E-state index contributed by atoms with van der Waals surface area (Å²) in [5.41, 5.74) is 11.0. The largest absolute Gasteiger partial charge is 0.466 e. The number of amides is 1. The van der Waals surface area contributed by atoms with E-state index in [2.05, 4.69) is 20.0 Å². The molecular formula is C28H27ClF5N7O4. The Morgan fingerprint density at radius 3 is 2.38 bits per heavy atom. The average Bonchev–Trinajstić information content (AvgIpc) is 2.96. The van der Waals surface area contributed by atoms with Crippen molar-refractivity contribution in [3.05, 3.63) is 80.5 Å². The fourth-order valence-electron chi connectivity index (χ4n) is 4.78. The number of esters is 1. The van der Waals surface area contributed by atoms with Gasteiger partial charge in [0.2, 0.25) is 0 Å². The SMILES string of the molecule is CCOC(=O)C1CCC(N=C(C(=CN)C(=O)N(CC(=O)c2c(Cl)ccnc2N=[N+]=[N-])Cc2cc(F)cc(F)c2)C(F)(F)F)CC1. The van der Waals surface area contributed by atoms with Gasteiger partial charge in [0, 0.05) is 29.9 Å². The number of aromatic nitrogens is 1. The molecule has 1 aliphatic rings. The molecule has 2 N–H and O–H groups in total. The molecule has 1 fully saturated rings. The van der Waals surface area contributed by atoms with E-state index in [1.165, 1.54) is 6.07 Å². The first-order chi connectivity index (χ1) is 21.3. The molecular weight excluding hydrogens is 629 g/mol. The number of aliphatic imine (C=N–C) groups is 1. The Morgan fingerprint density at radius 2 is 1.82 bits per heavy atom. The second kappa shape index (κ2) is 15.4. The summed E-state index contributed by atoms with van der Waals surface area (Å²) in [6.45, 7) is 0.0425. The molecule has 0 radical (unpaired) electrons. The molecule has 0 aliphatic heterocycles. The smallest absolute Gasteiger partial charge is 0.433 e. The number of benzene rings is 1. The van der Waals surface area contributed by atoms with Crippen molar-refractivity contribution in [2.24, 2.45) is 21.8 Å². The lowest BCUT2D eigenvalue weighted by Crippen LogP contribution is -2.41. The van der Waals surface area contributed by atoms with E-state index in [-0.39, 0.29) is 42.9 Å². The second-order valence-electron chi connectivity index (χ2n) is 9.86. The third-order valence-electron chi connectivity index (χ3n) is 6.76. The molecule has 1 aliphatic carbocycles. The Balaban J connectivity index is 2.01. The number of pyridine rings is 1. The Morgan fingerprint density at radius 1 is 1.18 bits per heavy atom. The Hall–Kier alpha value is -4.56. The number of alkyl halides is 3. The molecule has 1 aromatic heterocycles. The van der Waals surface area contributed by atoms with Crippen molar-refractivity contribution >= 4 is 40.8 Å². The molecule has 0 spiro atoms. The lowest BCUT2D eigenvalue weighted by molar-refractivity contribution is -0.149. The lowest BCUT2D eigenvalue weighted by Gasteiger charge is -2.27. The van der Waals surface area contributed by atoms with Crippen molar-refractivity contribution in [2.75, 3.05) is 13.2 Å². The van der Waals surface area contributed by atoms with Crippen molar-refractivity contribution in [1.82, 2.24) is 9.88 Å². The van der Waals surface area contributed by atoms with Gasteiger partial charge in [-0.1, -0.05) is 11.6 Å². The third-order valence-corrected chi connectivity index (χ3v) is 7.08. The van der Waals surface area contributed by atoms with Crippen LogP contribution in [0.3, 0.4) is 0 Å². The number of ketones is 1. The van der Waals surface area contributed by atoms with Gasteiger partial charge in [0.25, 0.3) is 5.91 Å². The summed E-state index contributed by atoms with van der Waals surface area (Å²) in [5.74, 6) is -5.98. The van der Waals surface area contributed by atoms with Crippen LogP contribution < -0.4 is 5.73 Å². The van der Waals surface area contributed by atoms with Crippen LogP contribution in [-0.4, -0.2) is 58.6 Å². The molecule has 0 bridgehead atoms. The quantitative estimate of drug-likeness (QED) is 0.0447. The zero-order chi connectivity index (χ0) is 33.3. The van der Waals surface area contributed by atoms with Crippen molar-refractivity contribution < 1.29 is 41.1 Å². The normalized spacial score (nSPS) is 17.3. The fraction of sp³-hybridized carbons (Fsp3) is 0.393. The van der Waals surface area contributed by atoms with E-state index in [4.69, 9.17) is 27.6 Å². The van der Waals surface area contributed by atoms with Crippen molar-refractivity contribution in [3.8, 4) is 0 Å². The molecule has 1 amide bonds. The monoisotopic (exact) mass is 655 g/mol. The van der Waals surface area contributed by atoms with Gasteiger partial charge in [0.1, 0.15) is 17.5 Å². The van der Waals surface area contributed by atoms with Crippen LogP contribution in [0.25, 0.3) is 10.4 Å². The van der Waals surface area contributed by atoms with Crippen molar-refractivity contribution in [3.63, 3.8) is 0 Å². The van der Waals surface area contributed by atoms with Crippen LogP contribution in [0.2, 0.25) is 5.02 Å². The summed E-state index contributed by atoms with van der Waals surface area (Å²) in [6, 6.07) is 2.43. The van der Waals surface area contributed by atoms with E-state index in [0.717, 1.165) is 18.3 Å². The predicted molar refractivity (Wildman–Crippen MR) is 152 cm³/mol. The van der Waals surface area contributed by atoms with Gasteiger partial charge in [0.05, 0.1) is 41.3 Å². The number of hydrogen-bond acceptors (Lipinski definition) is 8. The maximum Gasteiger partial charge on any atom is 0.433 e. The van der Waals surface area contributed by atoms with Gasteiger partial charge < -0.3 is 15.4 Å². The molecule has 1 aromatic carbocycles. The molecule has 45 heavy (non-hydrogen) atoms. The topological polar surface area (TPSA) is 164 Å². The molecule has 3 rings (SSSR count). The van der Waals surface area contributed by atoms with Gasteiger partial charge in [-0.25, -0.2) is 8.78 Å². The van der Waals surface area contributed by atoms with E-state index in [0.29, 0.717) is 17.2 Å². The first kappa shape index (κ1) is 34.9. The van der Waals surface area contributed by atoms with Gasteiger partial charge in [0.15, 0.2) is 11.5 Å². The summed E-state index contributed by atoms with van der Waals surface area (Å²) < 4.78 is 76.1. The average molecular weight is 656 g/mol.